The number of primary amides is 1. The molecule has 3 rings (SSSR count). The summed E-state index contributed by atoms with van der Waals surface area (Å²) in [5.74, 6) is -2.78. The van der Waals surface area contributed by atoms with E-state index in [-0.39, 0.29) is 24.5 Å². The van der Waals surface area contributed by atoms with E-state index in [9.17, 15) is 24.0 Å². The predicted molar refractivity (Wildman–Crippen MR) is 134 cm³/mol. The monoisotopic (exact) mass is 516 g/mol. The number of piperidine rings is 1. The van der Waals surface area contributed by atoms with Gasteiger partial charge in [-0.2, -0.15) is 0 Å². The molecule has 2 aliphatic rings. The third kappa shape index (κ3) is 8.45. The Morgan fingerprint density at radius 2 is 1.81 bits per heavy atom. The van der Waals surface area contributed by atoms with Crippen molar-refractivity contribution < 1.29 is 28.7 Å². The number of hydrogen-bond donors (Lipinski definition) is 4. The third-order valence-electron chi connectivity index (χ3n) is 6.42. The summed E-state index contributed by atoms with van der Waals surface area (Å²) in [5.41, 5.74) is 5.49. The van der Waals surface area contributed by atoms with Crippen LogP contribution >= 0.6 is 0 Å². The van der Waals surface area contributed by atoms with Gasteiger partial charge in [-0.1, -0.05) is 18.6 Å². The second kappa shape index (κ2) is 13.6. The molecule has 5 N–H and O–H groups in total. The number of fused-ring (bicyclic) bond motifs is 1. The van der Waals surface area contributed by atoms with Crippen LogP contribution in [0.15, 0.2) is 24.3 Å². The summed E-state index contributed by atoms with van der Waals surface area (Å²) >= 11 is 0. The highest BCUT2D eigenvalue weighted by molar-refractivity contribution is 6.01. The fraction of sp³-hybridized carbons (Fsp3) is 0.560. The van der Waals surface area contributed by atoms with Crippen LogP contribution in [0.3, 0.4) is 0 Å². The van der Waals surface area contributed by atoms with Crippen LogP contribution in [-0.2, 0) is 19.2 Å². The molecular weight excluding hydrogens is 480 g/mol. The minimum atomic E-state index is -1.22. The van der Waals surface area contributed by atoms with Crippen molar-refractivity contribution in [3.63, 3.8) is 0 Å². The quantitative estimate of drug-likeness (QED) is 0.376. The summed E-state index contributed by atoms with van der Waals surface area (Å²) in [7, 11) is 1.51. The average molecular weight is 517 g/mol. The summed E-state index contributed by atoms with van der Waals surface area (Å²) in [6.45, 7) is 3.17. The summed E-state index contributed by atoms with van der Waals surface area (Å²) in [5, 5.41) is 7.93. The van der Waals surface area contributed by atoms with Crippen LogP contribution in [0.25, 0.3) is 0 Å². The molecule has 202 valence electrons. The number of carbonyl (C=O) groups is 5. The van der Waals surface area contributed by atoms with Gasteiger partial charge >= 0.3 is 0 Å². The van der Waals surface area contributed by atoms with Crippen LogP contribution in [0, 0.1) is 0 Å². The summed E-state index contributed by atoms with van der Waals surface area (Å²) in [4.78, 5) is 67.1. The van der Waals surface area contributed by atoms with Gasteiger partial charge in [-0.3, -0.25) is 24.0 Å². The lowest BCUT2D eigenvalue weighted by Crippen LogP contribution is -2.54. The maximum atomic E-state index is 13.1. The van der Waals surface area contributed by atoms with Gasteiger partial charge in [-0.25, -0.2) is 0 Å². The number of benzene rings is 1. The van der Waals surface area contributed by atoms with Gasteiger partial charge in [0.2, 0.25) is 23.6 Å². The van der Waals surface area contributed by atoms with Gasteiger partial charge in [0.1, 0.15) is 24.4 Å². The number of likely N-dealkylation sites (N-methyl/N-ethyl adjacent to an activating group) is 1. The molecule has 1 aromatic rings. The highest BCUT2D eigenvalue weighted by Crippen LogP contribution is 2.18. The minimum absolute atomic E-state index is 0.0597. The number of nitrogens with one attached hydrogen (secondary N) is 3. The standard InChI is InChI=1S/C25H36N6O6/c1-30-13-14-37-20-8-4-3-7-17(20)23(34)29-18(16-22(33)28-19(25(30)36)15-21(26)32)24(35)27-9-12-31-10-5-2-6-11-31/h3-4,7-8,18-19H,2,5-6,9-16H2,1H3,(H2,26,32)(H,27,35)(H,28,33)(H,29,34)/t18-,19-/m0/s1. The number of hydrogen-bond acceptors (Lipinski definition) is 7. The van der Waals surface area contributed by atoms with Gasteiger partial charge in [0.15, 0.2) is 0 Å². The normalized spacial score (nSPS) is 22.1. The van der Waals surface area contributed by atoms with Crippen LogP contribution < -0.4 is 26.4 Å². The molecule has 2 atom stereocenters. The number of amides is 5. The zero-order valence-corrected chi connectivity index (χ0v) is 21.2. The van der Waals surface area contributed by atoms with Crippen molar-refractivity contribution in [3.8, 4) is 5.75 Å². The number of likely N-dealkylation sites (tertiary alicyclic amines) is 1. The van der Waals surface area contributed by atoms with Gasteiger partial charge < -0.3 is 36.2 Å². The first-order valence-electron chi connectivity index (χ1n) is 12.6. The molecule has 2 heterocycles. The van der Waals surface area contributed by atoms with E-state index >= 15 is 0 Å². The molecular formula is C25H36N6O6. The van der Waals surface area contributed by atoms with E-state index in [4.69, 9.17) is 10.5 Å². The predicted octanol–water partition coefficient (Wildman–Crippen LogP) is -1.01. The van der Waals surface area contributed by atoms with Gasteiger partial charge in [0.05, 0.1) is 24.9 Å². The Labute approximate surface area is 216 Å². The maximum absolute atomic E-state index is 13.1. The molecule has 0 spiro atoms. The Balaban J connectivity index is 1.79. The lowest BCUT2D eigenvalue weighted by Gasteiger charge is -2.27. The lowest BCUT2D eigenvalue weighted by molar-refractivity contribution is -0.137. The van der Waals surface area contributed by atoms with Crippen molar-refractivity contribution in [2.24, 2.45) is 5.73 Å². The largest absolute Gasteiger partial charge is 0.491 e. The van der Waals surface area contributed by atoms with Gasteiger partial charge in [0, 0.05) is 20.1 Å². The topological polar surface area (TPSA) is 163 Å². The fourth-order valence-electron chi connectivity index (χ4n) is 4.38. The molecule has 0 saturated carbocycles. The molecule has 0 unspecified atom stereocenters. The Morgan fingerprint density at radius 1 is 1.08 bits per heavy atom. The second-order valence-electron chi connectivity index (χ2n) is 9.32. The molecule has 1 saturated heterocycles. The summed E-state index contributed by atoms with van der Waals surface area (Å²) in [6.07, 6.45) is 2.60. The summed E-state index contributed by atoms with van der Waals surface area (Å²) in [6, 6.07) is 4.11. The van der Waals surface area contributed by atoms with Gasteiger partial charge in [-0.15, -0.1) is 0 Å². The van der Waals surface area contributed by atoms with E-state index in [2.05, 4.69) is 20.9 Å². The van der Waals surface area contributed by atoms with Crippen LogP contribution in [0.4, 0.5) is 0 Å². The van der Waals surface area contributed by atoms with Crippen molar-refractivity contribution >= 4 is 29.5 Å². The van der Waals surface area contributed by atoms with E-state index < -0.39 is 54.5 Å². The molecule has 12 heteroatoms. The molecule has 1 fully saturated rings. The Bertz CT molecular complexity index is 996. The van der Waals surface area contributed by atoms with Crippen molar-refractivity contribution in [2.45, 2.75) is 44.2 Å². The highest BCUT2D eigenvalue weighted by Gasteiger charge is 2.30. The number of rotatable bonds is 6. The summed E-state index contributed by atoms with van der Waals surface area (Å²) < 4.78 is 5.75. The minimum Gasteiger partial charge on any atom is -0.491 e. The first-order valence-corrected chi connectivity index (χ1v) is 12.6. The van der Waals surface area contributed by atoms with E-state index in [0.717, 1.165) is 25.9 Å². The molecule has 2 aliphatic heterocycles. The molecule has 1 aromatic carbocycles. The number of ether oxygens (including phenoxy) is 1. The smallest absolute Gasteiger partial charge is 0.255 e. The van der Waals surface area contributed by atoms with E-state index in [1.54, 1.807) is 24.3 Å². The number of nitrogens with zero attached hydrogens (tertiary/aromatic N) is 2. The molecule has 12 nitrogen and oxygen atoms in total. The van der Waals surface area contributed by atoms with Crippen LogP contribution in [0.1, 0.15) is 42.5 Å². The Kier molecular flexibility index (Phi) is 10.2. The fourth-order valence-corrected chi connectivity index (χ4v) is 4.38. The first-order chi connectivity index (χ1) is 17.7. The SMILES string of the molecule is CN1CCOc2ccccc2C(=O)N[C@H](C(=O)NCCN2CCCCC2)CC(=O)N[C@@H](CC(N)=O)C1=O. The van der Waals surface area contributed by atoms with Crippen LogP contribution in [-0.4, -0.2) is 97.8 Å². The molecule has 37 heavy (non-hydrogen) atoms. The number of carbonyl (C=O) groups excluding carboxylic acids is 5. The van der Waals surface area contributed by atoms with Crippen molar-refractivity contribution in [1.29, 1.82) is 0 Å². The lowest BCUT2D eigenvalue weighted by atomic mass is 10.1. The average Bonchev–Trinajstić information content (AvgIpc) is 2.87. The Hall–Kier alpha value is -3.67. The van der Waals surface area contributed by atoms with E-state index in [1.807, 2.05) is 0 Å². The second-order valence-corrected chi connectivity index (χ2v) is 9.32. The zero-order valence-electron chi connectivity index (χ0n) is 21.2. The highest BCUT2D eigenvalue weighted by atomic mass is 16.5. The van der Waals surface area contributed by atoms with Gasteiger partial charge in [-0.05, 0) is 38.1 Å². The molecule has 0 bridgehead atoms. The first kappa shape index (κ1) is 27.9. The third-order valence-corrected chi connectivity index (χ3v) is 6.42. The van der Waals surface area contributed by atoms with Crippen molar-refractivity contribution in [2.75, 3.05) is 46.4 Å². The van der Waals surface area contributed by atoms with Crippen LogP contribution in [0.5, 0.6) is 5.75 Å². The van der Waals surface area contributed by atoms with Gasteiger partial charge in [0.25, 0.3) is 5.91 Å². The van der Waals surface area contributed by atoms with E-state index in [1.165, 1.54) is 18.4 Å². The maximum Gasteiger partial charge on any atom is 0.255 e. The number of para-hydroxylation sites is 1. The number of nitrogens with two attached hydrogens (primary N) is 1. The molecule has 0 aliphatic carbocycles. The molecule has 5 amide bonds. The Morgan fingerprint density at radius 3 is 2.54 bits per heavy atom. The van der Waals surface area contributed by atoms with Crippen LogP contribution in [0.2, 0.25) is 0 Å². The van der Waals surface area contributed by atoms with E-state index in [0.29, 0.717) is 13.1 Å². The van der Waals surface area contributed by atoms with Crippen molar-refractivity contribution in [3.05, 3.63) is 29.8 Å². The molecule has 0 aromatic heterocycles. The molecule has 0 radical (unpaired) electrons. The zero-order chi connectivity index (χ0) is 26.8. The van der Waals surface area contributed by atoms with Crippen molar-refractivity contribution in [1.82, 2.24) is 25.8 Å².